The molecule has 0 bridgehead atoms. The number of esters is 1. The van der Waals surface area contributed by atoms with Crippen LogP contribution in [-0.2, 0) is 34.9 Å². The molecule has 1 amide bonds. The van der Waals surface area contributed by atoms with Crippen LogP contribution in [0.15, 0.2) is 30.5 Å². The maximum atomic E-state index is 13.3. The third kappa shape index (κ3) is 9.76. The van der Waals surface area contributed by atoms with Crippen LogP contribution >= 0.6 is 24.0 Å². The number of nitrogens with one attached hydrogen (secondary N) is 1. The van der Waals surface area contributed by atoms with Gasteiger partial charge in [-0.2, -0.15) is 0 Å². The number of para-hydroxylation sites is 1. The molecule has 9 nitrogen and oxygen atoms in total. The molecule has 1 aromatic heterocycles. The molecule has 0 fully saturated rings. The van der Waals surface area contributed by atoms with Crippen molar-refractivity contribution >= 4 is 51.3 Å². The van der Waals surface area contributed by atoms with E-state index in [9.17, 15) is 9.59 Å². The number of thioether (sulfide) groups is 1. The second kappa shape index (κ2) is 15.3. The number of carbonyl (C=O) groups excluding carboxylic acids is 2. The Morgan fingerprint density at radius 3 is 2.42 bits per heavy atom. The van der Waals surface area contributed by atoms with Gasteiger partial charge in [-0.1, -0.05) is 30.0 Å². The first-order valence-corrected chi connectivity index (χ1v) is 13.8. The summed E-state index contributed by atoms with van der Waals surface area (Å²) >= 11 is 6.70. The Morgan fingerprint density at radius 2 is 1.82 bits per heavy atom. The minimum absolute atomic E-state index is 0.253. The summed E-state index contributed by atoms with van der Waals surface area (Å²) in [5.74, 6) is -1.22. The van der Waals surface area contributed by atoms with E-state index in [0.29, 0.717) is 24.0 Å². The number of amides is 1. The van der Waals surface area contributed by atoms with E-state index in [1.54, 1.807) is 4.90 Å². The van der Waals surface area contributed by atoms with E-state index < -0.39 is 29.9 Å². The molecule has 0 aliphatic heterocycles. The first-order chi connectivity index (χ1) is 18.0. The number of hydrogen-bond donors (Lipinski definition) is 1. The van der Waals surface area contributed by atoms with Gasteiger partial charge in [0, 0.05) is 49.7 Å². The summed E-state index contributed by atoms with van der Waals surface area (Å²) in [5, 5.41) is 0.773. The SMILES string of the molecule is CCOC(=S)SC(CC(C(=O)OC)C(OC)OC)CN(CCc1c[nH]c2ccccc12)C(=O)OC(C)(C)C. The number of fused-ring (bicyclic) bond motifs is 1. The zero-order valence-corrected chi connectivity index (χ0v) is 24.9. The Hall–Kier alpha value is -2.34. The van der Waals surface area contributed by atoms with Crippen molar-refractivity contribution in [2.24, 2.45) is 5.92 Å². The second-order valence-corrected chi connectivity index (χ2v) is 11.6. The highest BCUT2D eigenvalue weighted by Crippen LogP contribution is 2.28. The number of carbonyl (C=O) groups is 2. The highest BCUT2D eigenvalue weighted by atomic mass is 32.2. The fourth-order valence-electron chi connectivity index (χ4n) is 4.05. The standard InChI is InChI=1S/C27H40N2O7S2/c1-8-35-26(37)38-19(15-21(23(30)32-5)24(33-6)34-7)17-29(25(31)36-27(2,3)4)14-13-18-16-28-22-12-10-9-11-20(18)22/h9-12,16,19,21,24,28H,8,13-15,17H2,1-7H3. The highest BCUT2D eigenvalue weighted by molar-refractivity contribution is 8.23. The monoisotopic (exact) mass is 568 g/mol. The van der Waals surface area contributed by atoms with Gasteiger partial charge in [-0.25, -0.2) is 4.79 Å². The van der Waals surface area contributed by atoms with Crippen LogP contribution in [0, 0.1) is 5.92 Å². The van der Waals surface area contributed by atoms with Crippen LogP contribution in [0.3, 0.4) is 0 Å². The lowest BCUT2D eigenvalue weighted by molar-refractivity contribution is -0.175. The summed E-state index contributed by atoms with van der Waals surface area (Å²) in [5.41, 5.74) is 1.45. The van der Waals surface area contributed by atoms with Gasteiger partial charge in [-0.05, 0) is 64.4 Å². The van der Waals surface area contributed by atoms with Crippen LogP contribution in [0.5, 0.6) is 0 Å². The number of ether oxygens (including phenoxy) is 5. The number of aromatic amines is 1. The summed E-state index contributed by atoms with van der Waals surface area (Å²) in [6, 6.07) is 8.03. The van der Waals surface area contributed by atoms with Gasteiger partial charge in [-0.15, -0.1) is 0 Å². The van der Waals surface area contributed by atoms with Crippen LogP contribution in [0.2, 0.25) is 0 Å². The number of hydrogen-bond acceptors (Lipinski definition) is 9. The zero-order valence-electron chi connectivity index (χ0n) is 23.3. The fraction of sp³-hybridized carbons (Fsp3) is 0.593. The molecule has 0 spiro atoms. The van der Waals surface area contributed by atoms with E-state index in [-0.39, 0.29) is 18.2 Å². The van der Waals surface area contributed by atoms with Crippen LogP contribution in [0.1, 0.15) is 39.7 Å². The lowest BCUT2D eigenvalue weighted by atomic mass is 10.0. The van der Waals surface area contributed by atoms with E-state index in [1.807, 2.05) is 52.1 Å². The zero-order chi connectivity index (χ0) is 28.3. The summed E-state index contributed by atoms with van der Waals surface area (Å²) in [6.07, 6.45) is 1.56. The van der Waals surface area contributed by atoms with Crippen molar-refractivity contribution < 1.29 is 33.3 Å². The van der Waals surface area contributed by atoms with Gasteiger partial charge in [0.1, 0.15) is 11.5 Å². The Morgan fingerprint density at radius 1 is 1.13 bits per heavy atom. The molecule has 212 valence electrons. The molecule has 11 heteroatoms. The van der Waals surface area contributed by atoms with Gasteiger partial charge in [0.05, 0.1) is 13.7 Å². The van der Waals surface area contributed by atoms with Gasteiger partial charge < -0.3 is 33.6 Å². The Bertz CT molecular complexity index is 1050. The van der Waals surface area contributed by atoms with Gasteiger partial charge in [0.25, 0.3) is 0 Å². The molecule has 38 heavy (non-hydrogen) atoms. The van der Waals surface area contributed by atoms with E-state index in [1.165, 1.54) is 33.1 Å². The minimum atomic E-state index is -0.826. The number of benzene rings is 1. The number of methoxy groups -OCH3 is 3. The van der Waals surface area contributed by atoms with Crippen molar-refractivity contribution in [2.45, 2.75) is 57.7 Å². The van der Waals surface area contributed by atoms with Crippen LogP contribution in [0.25, 0.3) is 10.9 Å². The van der Waals surface area contributed by atoms with Crippen molar-refractivity contribution in [2.75, 3.05) is 41.0 Å². The lowest BCUT2D eigenvalue weighted by Gasteiger charge is -2.32. The summed E-state index contributed by atoms with van der Waals surface area (Å²) in [6.45, 7) is 8.39. The molecule has 1 heterocycles. The summed E-state index contributed by atoms with van der Waals surface area (Å²) in [7, 11) is 4.25. The average molecular weight is 569 g/mol. The number of H-pyrrole nitrogens is 1. The molecule has 2 aromatic rings. The predicted octanol–water partition coefficient (Wildman–Crippen LogP) is 5.17. The largest absolute Gasteiger partial charge is 0.479 e. The van der Waals surface area contributed by atoms with Crippen LogP contribution in [-0.4, -0.2) is 84.5 Å². The van der Waals surface area contributed by atoms with Crippen molar-refractivity contribution in [3.63, 3.8) is 0 Å². The average Bonchev–Trinajstić information content (AvgIpc) is 3.28. The molecule has 0 aliphatic carbocycles. The van der Waals surface area contributed by atoms with Gasteiger partial charge in [-0.3, -0.25) is 4.79 Å². The molecule has 0 saturated carbocycles. The maximum absolute atomic E-state index is 13.3. The van der Waals surface area contributed by atoms with Crippen molar-refractivity contribution in [1.29, 1.82) is 0 Å². The molecular formula is C27H40N2O7S2. The van der Waals surface area contributed by atoms with Crippen molar-refractivity contribution in [3.05, 3.63) is 36.0 Å². The molecule has 1 N–H and O–H groups in total. The van der Waals surface area contributed by atoms with E-state index in [4.69, 9.17) is 35.9 Å². The second-order valence-electron chi connectivity index (χ2n) is 9.66. The molecule has 2 rings (SSSR count). The molecule has 0 saturated heterocycles. The topological polar surface area (TPSA) is 99.3 Å². The van der Waals surface area contributed by atoms with Gasteiger partial charge in [0.2, 0.25) is 4.38 Å². The van der Waals surface area contributed by atoms with E-state index >= 15 is 0 Å². The molecule has 1 aromatic carbocycles. The maximum Gasteiger partial charge on any atom is 0.410 e. The quantitative estimate of drug-likeness (QED) is 0.199. The number of rotatable bonds is 13. The normalized spacial score (nSPS) is 13.3. The highest BCUT2D eigenvalue weighted by Gasteiger charge is 2.35. The molecule has 2 unspecified atom stereocenters. The number of thiocarbonyl (C=S) groups is 1. The molecule has 2 atom stereocenters. The first-order valence-electron chi connectivity index (χ1n) is 12.5. The Balaban J connectivity index is 2.33. The third-order valence-corrected chi connectivity index (χ3v) is 7.13. The van der Waals surface area contributed by atoms with Crippen molar-refractivity contribution in [1.82, 2.24) is 9.88 Å². The summed E-state index contributed by atoms with van der Waals surface area (Å²) < 4.78 is 27.4. The van der Waals surface area contributed by atoms with Gasteiger partial charge >= 0.3 is 12.1 Å². The molecular weight excluding hydrogens is 528 g/mol. The van der Waals surface area contributed by atoms with Crippen LogP contribution in [0.4, 0.5) is 4.79 Å². The predicted molar refractivity (Wildman–Crippen MR) is 153 cm³/mol. The van der Waals surface area contributed by atoms with Gasteiger partial charge in [0.15, 0.2) is 6.29 Å². The lowest BCUT2D eigenvalue weighted by Crippen LogP contribution is -2.43. The number of nitrogens with zero attached hydrogens (tertiary/aromatic N) is 1. The first kappa shape index (κ1) is 31.9. The van der Waals surface area contributed by atoms with E-state index in [2.05, 4.69) is 11.1 Å². The molecule has 0 aliphatic rings. The van der Waals surface area contributed by atoms with E-state index in [0.717, 1.165) is 16.5 Å². The minimum Gasteiger partial charge on any atom is -0.479 e. The smallest absolute Gasteiger partial charge is 0.410 e. The number of aromatic nitrogens is 1. The van der Waals surface area contributed by atoms with Crippen LogP contribution < -0.4 is 0 Å². The van der Waals surface area contributed by atoms with Crippen molar-refractivity contribution in [3.8, 4) is 0 Å². The Labute approximate surface area is 234 Å². The fourth-order valence-corrected chi connectivity index (χ4v) is 5.59. The Kier molecular flexibility index (Phi) is 12.8. The molecule has 0 radical (unpaired) electrons. The third-order valence-electron chi connectivity index (χ3n) is 5.74. The summed E-state index contributed by atoms with van der Waals surface area (Å²) in [4.78, 5) is 30.9.